The summed E-state index contributed by atoms with van der Waals surface area (Å²) in [5, 5.41) is 10.7. The van der Waals surface area contributed by atoms with Crippen molar-refractivity contribution in [2.45, 2.75) is 12.3 Å². The van der Waals surface area contributed by atoms with E-state index in [0.717, 1.165) is 16.3 Å². The molecule has 2 aromatic carbocycles. The Balaban J connectivity index is 1.68. The van der Waals surface area contributed by atoms with Gasteiger partial charge in [-0.2, -0.15) is 5.26 Å². The van der Waals surface area contributed by atoms with Gasteiger partial charge in [-0.3, -0.25) is 9.69 Å². The van der Waals surface area contributed by atoms with Gasteiger partial charge in [0, 0.05) is 24.0 Å². The Morgan fingerprint density at radius 1 is 1.06 bits per heavy atom. The van der Waals surface area contributed by atoms with Crippen molar-refractivity contribution >= 4 is 23.4 Å². The summed E-state index contributed by atoms with van der Waals surface area (Å²) < 4.78 is 16.3. The summed E-state index contributed by atoms with van der Waals surface area (Å²) in [6.45, 7) is 0.355. The Kier molecular flexibility index (Phi) is 5.96. The fourth-order valence-electron chi connectivity index (χ4n) is 3.98. The van der Waals surface area contributed by atoms with Gasteiger partial charge in [-0.15, -0.1) is 0 Å². The number of methoxy groups -OCH3 is 3. The van der Waals surface area contributed by atoms with Gasteiger partial charge < -0.3 is 19.1 Å². The van der Waals surface area contributed by atoms with Crippen LogP contribution in [-0.2, 0) is 4.79 Å². The third kappa shape index (κ3) is 3.77. The number of benzene rings is 2. The van der Waals surface area contributed by atoms with Gasteiger partial charge in [0.1, 0.15) is 17.2 Å². The SMILES string of the molecule is COc1ccc(N2CSC3=C(C#N)[C@H](c4ccccc4OC)CC(=O)N3C2)c(OC)c1. The van der Waals surface area contributed by atoms with Crippen LogP contribution in [0.3, 0.4) is 0 Å². The molecule has 31 heavy (non-hydrogen) atoms. The number of hydrogen-bond donors (Lipinski definition) is 0. The maximum absolute atomic E-state index is 13.2. The zero-order valence-electron chi connectivity index (χ0n) is 17.6. The van der Waals surface area contributed by atoms with Crippen molar-refractivity contribution in [3.63, 3.8) is 0 Å². The van der Waals surface area contributed by atoms with Crippen LogP contribution in [0.5, 0.6) is 17.2 Å². The van der Waals surface area contributed by atoms with E-state index >= 15 is 0 Å². The number of amides is 1. The predicted octanol–water partition coefficient (Wildman–Crippen LogP) is 3.93. The van der Waals surface area contributed by atoms with Crippen LogP contribution in [-0.4, -0.2) is 44.7 Å². The molecule has 4 rings (SSSR count). The van der Waals surface area contributed by atoms with Crippen LogP contribution >= 0.6 is 11.8 Å². The third-order valence-corrected chi connectivity index (χ3v) is 6.69. The highest BCUT2D eigenvalue weighted by molar-refractivity contribution is 8.03. The van der Waals surface area contributed by atoms with Crippen LogP contribution in [0.2, 0.25) is 0 Å². The van der Waals surface area contributed by atoms with Gasteiger partial charge in [0.15, 0.2) is 0 Å². The number of para-hydroxylation sites is 1. The van der Waals surface area contributed by atoms with E-state index in [2.05, 4.69) is 11.0 Å². The van der Waals surface area contributed by atoms with Crippen molar-refractivity contribution in [3.8, 4) is 23.3 Å². The van der Waals surface area contributed by atoms with Crippen LogP contribution in [0.4, 0.5) is 5.69 Å². The van der Waals surface area contributed by atoms with Crippen molar-refractivity contribution in [2.75, 3.05) is 38.8 Å². The van der Waals surface area contributed by atoms with E-state index in [0.29, 0.717) is 35.4 Å². The molecule has 0 radical (unpaired) electrons. The van der Waals surface area contributed by atoms with E-state index in [1.54, 1.807) is 26.2 Å². The van der Waals surface area contributed by atoms with Crippen LogP contribution in [0.25, 0.3) is 0 Å². The van der Waals surface area contributed by atoms with E-state index < -0.39 is 0 Å². The van der Waals surface area contributed by atoms with E-state index in [4.69, 9.17) is 14.2 Å². The van der Waals surface area contributed by atoms with Crippen LogP contribution in [0.1, 0.15) is 17.9 Å². The average molecular weight is 438 g/mol. The van der Waals surface area contributed by atoms with Crippen molar-refractivity contribution < 1.29 is 19.0 Å². The standard InChI is InChI=1S/C23H23N3O4S/c1-28-15-8-9-19(21(10-15)30-3)25-13-26-22(27)11-17(18(12-24)23(26)31-14-25)16-6-4-5-7-20(16)29-2/h4-10,17H,11,13-14H2,1-3H3/t17-/m0/s1. The minimum absolute atomic E-state index is 0.0189. The van der Waals surface area contributed by atoms with Gasteiger partial charge in [-0.05, 0) is 18.2 Å². The molecule has 7 nitrogen and oxygen atoms in total. The Morgan fingerprint density at radius 3 is 2.55 bits per heavy atom. The summed E-state index contributed by atoms with van der Waals surface area (Å²) in [6.07, 6.45) is 0.223. The summed E-state index contributed by atoms with van der Waals surface area (Å²) in [4.78, 5) is 16.9. The Morgan fingerprint density at radius 2 is 1.84 bits per heavy atom. The van der Waals surface area contributed by atoms with Crippen LogP contribution in [0.15, 0.2) is 53.1 Å². The molecule has 0 aromatic heterocycles. The molecule has 160 valence electrons. The molecule has 2 heterocycles. The second kappa shape index (κ2) is 8.82. The number of nitriles is 1. The van der Waals surface area contributed by atoms with Gasteiger partial charge in [0.05, 0.1) is 56.2 Å². The summed E-state index contributed by atoms with van der Waals surface area (Å²) in [5.41, 5.74) is 2.34. The second-order valence-corrected chi connectivity index (χ2v) is 8.08. The zero-order valence-corrected chi connectivity index (χ0v) is 18.4. The third-order valence-electron chi connectivity index (χ3n) is 5.54. The maximum atomic E-state index is 13.2. The minimum Gasteiger partial charge on any atom is -0.497 e. The minimum atomic E-state index is -0.311. The molecule has 2 aliphatic rings. The molecule has 2 aromatic rings. The molecule has 0 N–H and O–H groups in total. The lowest BCUT2D eigenvalue weighted by Gasteiger charge is -2.42. The number of rotatable bonds is 5. The molecule has 8 heteroatoms. The highest BCUT2D eigenvalue weighted by Crippen LogP contribution is 2.46. The number of thioether (sulfide) groups is 1. The fraction of sp³-hybridized carbons (Fsp3) is 0.304. The van der Waals surface area contributed by atoms with Crippen molar-refractivity contribution in [2.24, 2.45) is 0 Å². The number of carbonyl (C=O) groups is 1. The van der Waals surface area contributed by atoms with Gasteiger partial charge in [0.25, 0.3) is 0 Å². The topological polar surface area (TPSA) is 75.0 Å². The highest BCUT2D eigenvalue weighted by Gasteiger charge is 2.39. The predicted molar refractivity (Wildman–Crippen MR) is 119 cm³/mol. The molecule has 1 saturated heterocycles. The van der Waals surface area contributed by atoms with E-state index in [-0.39, 0.29) is 18.2 Å². The molecule has 0 spiro atoms. The number of fused-ring (bicyclic) bond motifs is 1. The molecule has 0 aliphatic carbocycles. The summed E-state index contributed by atoms with van der Waals surface area (Å²) in [7, 11) is 4.82. The van der Waals surface area contributed by atoms with Crippen molar-refractivity contribution in [3.05, 3.63) is 58.6 Å². The first-order valence-corrected chi connectivity index (χ1v) is 10.8. The first-order chi connectivity index (χ1) is 15.1. The lowest BCUT2D eigenvalue weighted by Crippen LogP contribution is -2.47. The summed E-state index contributed by atoms with van der Waals surface area (Å²) in [5.74, 6) is 2.32. The quantitative estimate of drug-likeness (QED) is 0.701. The molecule has 0 saturated carbocycles. The van der Waals surface area contributed by atoms with Crippen molar-refractivity contribution in [1.82, 2.24) is 4.90 Å². The lowest BCUT2D eigenvalue weighted by molar-refractivity contribution is -0.129. The molecular weight excluding hydrogens is 414 g/mol. The first-order valence-electron chi connectivity index (χ1n) is 9.78. The van der Waals surface area contributed by atoms with Gasteiger partial charge in [-0.25, -0.2) is 0 Å². The molecule has 1 atom stereocenters. The summed E-state index contributed by atoms with van der Waals surface area (Å²) in [6, 6.07) is 15.5. The molecule has 0 unspecified atom stereocenters. The number of carbonyl (C=O) groups excluding carboxylic acids is 1. The Bertz CT molecular complexity index is 1080. The second-order valence-electron chi connectivity index (χ2n) is 7.14. The van der Waals surface area contributed by atoms with Crippen LogP contribution < -0.4 is 19.1 Å². The number of nitrogens with zero attached hydrogens (tertiary/aromatic N) is 3. The monoisotopic (exact) mass is 437 g/mol. The smallest absolute Gasteiger partial charge is 0.229 e. The average Bonchev–Trinajstić information content (AvgIpc) is 2.83. The lowest BCUT2D eigenvalue weighted by atomic mass is 9.86. The highest BCUT2D eigenvalue weighted by atomic mass is 32.2. The summed E-state index contributed by atoms with van der Waals surface area (Å²) >= 11 is 1.49. The Hall–Kier alpha value is -3.31. The fourth-order valence-corrected chi connectivity index (χ4v) is 5.14. The van der Waals surface area contributed by atoms with E-state index in [9.17, 15) is 10.1 Å². The first kappa shape index (κ1) is 20.9. The molecular formula is C23H23N3O4S. The van der Waals surface area contributed by atoms with Gasteiger partial charge in [0.2, 0.25) is 5.91 Å². The number of anilines is 1. The molecule has 2 aliphatic heterocycles. The van der Waals surface area contributed by atoms with Crippen LogP contribution in [0, 0.1) is 11.3 Å². The normalized spacial score (nSPS) is 18.4. The van der Waals surface area contributed by atoms with Gasteiger partial charge in [-0.1, -0.05) is 30.0 Å². The van der Waals surface area contributed by atoms with Gasteiger partial charge >= 0.3 is 0 Å². The van der Waals surface area contributed by atoms with E-state index in [1.165, 1.54) is 11.8 Å². The number of ether oxygens (including phenoxy) is 3. The number of hydrogen-bond acceptors (Lipinski definition) is 7. The maximum Gasteiger partial charge on any atom is 0.229 e. The zero-order chi connectivity index (χ0) is 22.0. The Labute approximate surface area is 185 Å². The molecule has 1 amide bonds. The molecule has 1 fully saturated rings. The van der Waals surface area contributed by atoms with E-state index in [1.807, 2.05) is 42.5 Å². The van der Waals surface area contributed by atoms with Crippen molar-refractivity contribution in [1.29, 1.82) is 5.26 Å². The molecule has 0 bridgehead atoms. The number of allylic oxidation sites excluding steroid dienone is 1. The largest absolute Gasteiger partial charge is 0.497 e.